The fourth-order valence-corrected chi connectivity index (χ4v) is 3.51. The first kappa shape index (κ1) is 22.9. The Hall–Kier alpha value is -2.43. The molecule has 0 aliphatic rings. The van der Waals surface area contributed by atoms with Gasteiger partial charge in [-0.15, -0.1) is 0 Å². The number of methoxy groups -OCH3 is 1. The molecule has 2 aromatic carbocycles. The van der Waals surface area contributed by atoms with E-state index in [1.165, 1.54) is 43.5 Å². The molecule has 10 heteroatoms. The number of carbonyl (C=O) groups excluding carboxylic acids is 1. The van der Waals surface area contributed by atoms with Crippen molar-refractivity contribution in [1.29, 1.82) is 0 Å². The zero-order valence-corrected chi connectivity index (χ0v) is 16.6. The van der Waals surface area contributed by atoms with Gasteiger partial charge in [0.25, 0.3) is 5.91 Å². The quantitative estimate of drug-likeness (QED) is 0.631. The predicted octanol–water partition coefficient (Wildman–Crippen LogP) is 3.12. The van der Waals surface area contributed by atoms with Crippen LogP contribution in [0.25, 0.3) is 0 Å². The molecule has 0 bridgehead atoms. The number of benzene rings is 2. The van der Waals surface area contributed by atoms with Crippen molar-refractivity contribution < 1.29 is 31.1 Å². The smallest absolute Gasteiger partial charge is 0.383 e. The van der Waals surface area contributed by atoms with Crippen LogP contribution in [0.5, 0.6) is 0 Å². The minimum Gasteiger partial charge on any atom is -0.383 e. The summed E-state index contributed by atoms with van der Waals surface area (Å²) in [5.74, 6) is -0.536. The van der Waals surface area contributed by atoms with Gasteiger partial charge in [-0.25, -0.2) is 13.1 Å². The van der Waals surface area contributed by atoms with Crippen molar-refractivity contribution in [1.82, 2.24) is 10.0 Å². The lowest BCUT2D eigenvalue weighted by Gasteiger charge is -2.16. The topological polar surface area (TPSA) is 84.5 Å². The molecule has 1 amide bonds. The molecule has 6 nitrogen and oxygen atoms in total. The summed E-state index contributed by atoms with van der Waals surface area (Å²) in [6.07, 6.45) is -4.47. The van der Waals surface area contributed by atoms with E-state index in [9.17, 15) is 26.4 Å². The van der Waals surface area contributed by atoms with Crippen molar-refractivity contribution in [2.75, 3.05) is 20.3 Å². The molecule has 158 valence electrons. The van der Waals surface area contributed by atoms with Gasteiger partial charge in [-0.05, 0) is 48.9 Å². The summed E-state index contributed by atoms with van der Waals surface area (Å²) in [6.45, 7) is 1.88. The number of alkyl halides is 3. The van der Waals surface area contributed by atoms with Crippen molar-refractivity contribution in [3.8, 4) is 0 Å². The summed E-state index contributed by atoms with van der Waals surface area (Å²) in [6, 6.07) is 9.24. The molecule has 1 unspecified atom stereocenters. The molecule has 0 fully saturated rings. The van der Waals surface area contributed by atoms with Crippen LogP contribution in [0.4, 0.5) is 13.2 Å². The van der Waals surface area contributed by atoms with Gasteiger partial charge in [-0.3, -0.25) is 4.79 Å². The average Bonchev–Trinajstić information content (AvgIpc) is 2.67. The number of hydrogen-bond acceptors (Lipinski definition) is 4. The Labute approximate surface area is 167 Å². The highest BCUT2D eigenvalue weighted by molar-refractivity contribution is 7.89. The van der Waals surface area contributed by atoms with E-state index in [0.717, 1.165) is 12.1 Å². The first-order chi connectivity index (χ1) is 13.5. The van der Waals surface area contributed by atoms with Crippen molar-refractivity contribution in [2.24, 2.45) is 0 Å². The molecule has 0 aliphatic carbocycles. The second-order valence-corrected chi connectivity index (χ2v) is 8.00. The Morgan fingerprint density at radius 2 is 1.79 bits per heavy atom. The number of halogens is 3. The molecule has 2 rings (SSSR count). The van der Waals surface area contributed by atoms with Gasteiger partial charge in [0.05, 0.1) is 23.1 Å². The lowest BCUT2D eigenvalue weighted by atomic mass is 10.0. The van der Waals surface area contributed by atoms with E-state index in [1.54, 1.807) is 6.92 Å². The highest BCUT2D eigenvalue weighted by atomic mass is 32.2. The van der Waals surface area contributed by atoms with E-state index in [-0.39, 0.29) is 23.6 Å². The second kappa shape index (κ2) is 9.38. The molecule has 0 saturated heterocycles. The summed E-state index contributed by atoms with van der Waals surface area (Å²) in [4.78, 5) is 12.3. The van der Waals surface area contributed by atoms with Gasteiger partial charge in [-0.1, -0.05) is 12.1 Å². The summed E-state index contributed by atoms with van der Waals surface area (Å²) in [5.41, 5.74) is -0.319. The summed E-state index contributed by atoms with van der Waals surface area (Å²) in [5, 5.41) is 2.60. The fraction of sp³-hybridized carbons (Fsp3) is 0.316. The third-order valence-corrected chi connectivity index (χ3v) is 5.56. The van der Waals surface area contributed by atoms with Gasteiger partial charge in [0.1, 0.15) is 0 Å². The molecule has 2 N–H and O–H groups in total. The van der Waals surface area contributed by atoms with Crippen molar-refractivity contribution >= 4 is 15.9 Å². The Morgan fingerprint density at radius 3 is 2.38 bits per heavy atom. The van der Waals surface area contributed by atoms with Crippen LogP contribution < -0.4 is 10.0 Å². The third kappa shape index (κ3) is 6.28. The molecule has 29 heavy (non-hydrogen) atoms. The molecular weight excluding hydrogens is 409 g/mol. The van der Waals surface area contributed by atoms with Crippen LogP contribution >= 0.6 is 0 Å². The van der Waals surface area contributed by atoms with Crippen LogP contribution in [0.15, 0.2) is 53.4 Å². The summed E-state index contributed by atoms with van der Waals surface area (Å²) >= 11 is 0. The zero-order chi connectivity index (χ0) is 21.7. The molecule has 1 atom stereocenters. The van der Waals surface area contributed by atoms with Crippen molar-refractivity contribution in [3.05, 3.63) is 65.2 Å². The Morgan fingerprint density at radius 1 is 1.14 bits per heavy atom. The maximum Gasteiger partial charge on any atom is 0.416 e. The van der Waals surface area contributed by atoms with Crippen LogP contribution in [-0.2, 0) is 20.9 Å². The molecule has 0 aliphatic heterocycles. The monoisotopic (exact) mass is 430 g/mol. The molecular formula is C19H21F3N2O4S. The number of amides is 1. The molecule has 0 heterocycles. The van der Waals surface area contributed by atoms with Gasteiger partial charge in [0, 0.05) is 19.2 Å². The number of carbonyl (C=O) groups is 1. The van der Waals surface area contributed by atoms with Gasteiger partial charge >= 0.3 is 6.18 Å². The van der Waals surface area contributed by atoms with Gasteiger partial charge in [0.15, 0.2) is 0 Å². The van der Waals surface area contributed by atoms with Gasteiger partial charge in [0.2, 0.25) is 10.0 Å². The maximum atomic E-state index is 12.8. The third-order valence-electron chi connectivity index (χ3n) is 4.09. The summed E-state index contributed by atoms with van der Waals surface area (Å²) < 4.78 is 69.9. The average molecular weight is 430 g/mol. The molecule has 0 spiro atoms. The van der Waals surface area contributed by atoms with E-state index in [4.69, 9.17) is 4.74 Å². The van der Waals surface area contributed by atoms with Crippen molar-refractivity contribution in [3.63, 3.8) is 0 Å². The minimum atomic E-state index is -4.47. The lowest BCUT2D eigenvalue weighted by Crippen LogP contribution is -2.28. The number of ether oxygens (including phenoxy) is 1. The van der Waals surface area contributed by atoms with Crippen LogP contribution in [-0.4, -0.2) is 34.6 Å². The molecule has 0 radical (unpaired) electrons. The SMILES string of the molecule is COCCNS(=O)(=O)c1ccc(C(=O)NC(C)c2cccc(C(F)(F)F)c2)cc1. The van der Waals surface area contributed by atoms with Crippen LogP contribution in [0, 0.1) is 0 Å². The van der Waals surface area contributed by atoms with Gasteiger partial charge < -0.3 is 10.1 Å². The predicted molar refractivity (Wildman–Crippen MR) is 101 cm³/mol. The van der Waals surface area contributed by atoms with E-state index in [1.807, 2.05) is 0 Å². The minimum absolute atomic E-state index is 0.0175. The van der Waals surface area contributed by atoms with E-state index in [2.05, 4.69) is 10.0 Å². The Kier molecular flexibility index (Phi) is 7.39. The Bertz CT molecular complexity index is 945. The van der Waals surface area contributed by atoms with E-state index >= 15 is 0 Å². The normalized spacial score (nSPS) is 13.1. The number of hydrogen-bond donors (Lipinski definition) is 2. The summed E-state index contributed by atoms with van der Waals surface area (Å²) in [7, 11) is -2.28. The molecule has 0 aromatic heterocycles. The van der Waals surface area contributed by atoms with E-state index in [0.29, 0.717) is 5.56 Å². The number of nitrogens with one attached hydrogen (secondary N) is 2. The standard InChI is InChI=1S/C19H21F3N2O4S/c1-13(15-4-3-5-16(12-15)19(20,21)22)24-18(25)14-6-8-17(9-7-14)29(26,27)23-10-11-28-2/h3-9,12-13,23H,10-11H2,1-2H3,(H,24,25). The van der Waals surface area contributed by atoms with Crippen LogP contribution in [0.3, 0.4) is 0 Å². The fourth-order valence-electron chi connectivity index (χ4n) is 2.49. The highest BCUT2D eigenvalue weighted by Gasteiger charge is 2.30. The molecule has 0 saturated carbocycles. The zero-order valence-electron chi connectivity index (χ0n) is 15.8. The lowest BCUT2D eigenvalue weighted by molar-refractivity contribution is -0.137. The van der Waals surface area contributed by atoms with Gasteiger partial charge in [-0.2, -0.15) is 13.2 Å². The van der Waals surface area contributed by atoms with Crippen LogP contribution in [0.2, 0.25) is 0 Å². The van der Waals surface area contributed by atoms with E-state index < -0.39 is 33.7 Å². The highest BCUT2D eigenvalue weighted by Crippen LogP contribution is 2.30. The molecule has 2 aromatic rings. The largest absolute Gasteiger partial charge is 0.416 e. The maximum absolute atomic E-state index is 12.8. The van der Waals surface area contributed by atoms with Crippen molar-refractivity contribution in [2.45, 2.75) is 24.0 Å². The second-order valence-electron chi connectivity index (χ2n) is 6.23. The Balaban J connectivity index is 2.08. The first-order valence-corrected chi connectivity index (χ1v) is 10.1. The van der Waals surface area contributed by atoms with Crippen LogP contribution in [0.1, 0.15) is 34.5 Å². The first-order valence-electron chi connectivity index (χ1n) is 8.61. The number of sulfonamides is 1. The number of rotatable bonds is 8.